The molecule has 3 amide bonds. The molecule has 5 rings (SSSR count). The number of halogens is 2. The molecule has 0 spiro atoms. The second-order valence-electron chi connectivity index (χ2n) is 10.6. The minimum atomic E-state index is -0.889. The molecule has 3 atom stereocenters. The molecule has 1 saturated heterocycles. The minimum absolute atomic E-state index is 0.00221. The lowest BCUT2D eigenvalue weighted by Gasteiger charge is -2.31. The lowest BCUT2D eigenvalue weighted by molar-refractivity contribution is -0.119. The van der Waals surface area contributed by atoms with Crippen molar-refractivity contribution >= 4 is 35.0 Å². The maximum atomic E-state index is 15.1. The van der Waals surface area contributed by atoms with E-state index in [0.29, 0.717) is 35.3 Å². The number of nitrogens with two attached hydrogens (primary N) is 1. The highest BCUT2D eigenvalue weighted by molar-refractivity contribution is 6.30. The maximum Gasteiger partial charge on any atom is 0.323 e. The van der Waals surface area contributed by atoms with Gasteiger partial charge in [-0.2, -0.15) is 0 Å². The summed E-state index contributed by atoms with van der Waals surface area (Å²) in [6.07, 6.45) is 8.72. The van der Waals surface area contributed by atoms with Crippen LogP contribution in [-0.2, 0) is 15.1 Å². The molecule has 2 aliphatic rings. The average Bonchev–Trinajstić information content (AvgIpc) is 3.71. The van der Waals surface area contributed by atoms with E-state index in [-0.39, 0.29) is 24.8 Å². The molecule has 1 aliphatic carbocycles. The van der Waals surface area contributed by atoms with Crippen LogP contribution >= 0.6 is 11.6 Å². The Bertz CT molecular complexity index is 1370. The highest BCUT2D eigenvalue weighted by Gasteiger charge is 2.41. The summed E-state index contributed by atoms with van der Waals surface area (Å²) >= 11 is 5.90. The summed E-state index contributed by atoms with van der Waals surface area (Å²) < 4.78 is 20.8. The van der Waals surface area contributed by atoms with Crippen molar-refractivity contribution in [3.05, 3.63) is 83.0 Å². The standard InChI is InChI=1S/C30H34ClFN6O3/c1-2-41-23-16-26(38(18-23)29(40)37-27-8-6-22(31)17-35-27)28(39)36-25-15-21(5-7-24(25)32)30(33,12-9-19-3-4-19)20-10-13-34-14-11-20/h5-8,10-11,13-15,17,19,23,26H,2-4,9,12,16,18,33H2,1H3,(H,36,39)(H,35,37,40). The molecule has 2 fully saturated rings. The van der Waals surface area contributed by atoms with Crippen LogP contribution in [0.15, 0.2) is 61.1 Å². The van der Waals surface area contributed by atoms with Gasteiger partial charge in [-0.1, -0.05) is 30.5 Å². The van der Waals surface area contributed by atoms with E-state index in [2.05, 4.69) is 20.6 Å². The van der Waals surface area contributed by atoms with Gasteiger partial charge in [0.15, 0.2) is 0 Å². The van der Waals surface area contributed by atoms with Gasteiger partial charge in [0.05, 0.1) is 22.4 Å². The van der Waals surface area contributed by atoms with Crippen molar-refractivity contribution in [1.29, 1.82) is 0 Å². The number of hydrogen-bond acceptors (Lipinski definition) is 6. The molecule has 41 heavy (non-hydrogen) atoms. The van der Waals surface area contributed by atoms with E-state index in [1.54, 1.807) is 36.7 Å². The summed E-state index contributed by atoms with van der Waals surface area (Å²) in [5.41, 5.74) is 7.70. The minimum Gasteiger partial charge on any atom is -0.377 e. The number of ether oxygens (including phenoxy) is 1. The number of nitrogens with zero attached hydrogens (tertiary/aromatic N) is 3. The third-order valence-electron chi connectivity index (χ3n) is 7.77. The van der Waals surface area contributed by atoms with Crippen molar-refractivity contribution in [2.24, 2.45) is 11.7 Å². The Labute approximate surface area is 243 Å². The van der Waals surface area contributed by atoms with Gasteiger partial charge in [0.1, 0.15) is 17.7 Å². The van der Waals surface area contributed by atoms with E-state index in [0.717, 1.165) is 12.0 Å². The monoisotopic (exact) mass is 580 g/mol. The van der Waals surface area contributed by atoms with Crippen LogP contribution in [-0.4, -0.2) is 52.1 Å². The Morgan fingerprint density at radius 1 is 1.15 bits per heavy atom. The summed E-state index contributed by atoms with van der Waals surface area (Å²) in [7, 11) is 0. The number of aromatic nitrogens is 2. The number of nitrogens with one attached hydrogen (secondary N) is 2. The fraction of sp³-hybridized carbons (Fsp3) is 0.400. The molecule has 216 valence electrons. The third kappa shape index (κ3) is 6.83. The van der Waals surface area contributed by atoms with E-state index in [4.69, 9.17) is 22.1 Å². The Hall–Kier alpha value is -3.60. The zero-order chi connectivity index (χ0) is 29.0. The Morgan fingerprint density at radius 3 is 2.61 bits per heavy atom. The molecule has 3 heterocycles. The number of urea groups is 1. The van der Waals surface area contributed by atoms with E-state index >= 15 is 4.39 Å². The molecule has 9 nitrogen and oxygen atoms in total. The lowest BCUT2D eigenvalue weighted by atomic mass is 9.79. The van der Waals surface area contributed by atoms with Gasteiger partial charge in [0.25, 0.3) is 0 Å². The first-order valence-corrected chi connectivity index (χ1v) is 14.3. The summed E-state index contributed by atoms with van der Waals surface area (Å²) in [5.74, 6) is -0.173. The number of rotatable bonds is 10. The van der Waals surface area contributed by atoms with E-state index in [1.165, 1.54) is 30.0 Å². The van der Waals surface area contributed by atoms with Gasteiger partial charge < -0.3 is 20.7 Å². The van der Waals surface area contributed by atoms with Crippen LogP contribution in [0.4, 0.5) is 20.7 Å². The molecule has 4 N–H and O–H groups in total. The summed E-state index contributed by atoms with van der Waals surface area (Å²) in [6, 6.07) is 10.1. The fourth-order valence-corrected chi connectivity index (χ4v) is 5.43. The fourth-order valence-electron chi connectivity index (χ4n) is 5.32. The average molecular weight is 581 g/mol. The van der Waals surface area contributed by atoms with Crippen LogP contribution in [0, 0.1) is 11.7 Å². The molecule has 1 aliphatic heterocycles. The van der Waals surface area contributed by atoms with Gasteiger partial charge in [0.2, 0.25) is 5.91 Å². The topological polar surface area (TPSA) is 122 Å². The molecular weight excluding hydrogens is 547 g/mol. The largest absolute Gasteiger partial charge is 0.377 e. The molecule has 0 radical (unpaired) electrons. The van der Waals surface area contributed by atoms with Crippen LogP contribution in [0.1, 0.15) is 50.2 Å². The van der Waals surface area contributed by atoms with Crippen molar-refractivity contribution in [1.82, 2.24) is 14.9 Å². The van der Waals surface area contributed by atoms with Crippen LogP contribution in [0.5, 0.6) is 0 Å². The zero-order valence-electron chi connectivity index (χ0n) is 22.9. The van der Waals surface area contributed by atoms with E-state index < -0.39 is 29.3 Å². The van der Waals surface area contributed by atoms with Gasteiger partial charge in [-0.3, -0.25) is 15.1 Å². The smallest absolute Gasteiger partial charge is 0.323 e. The van der Waals surface area contributed by atoms with Gasteiger partial charge in [-0.05, 0) is 73.2 Å². The number of carbonyl (C=O) groups is 2. The summed E-state index contributed by atoms with van der Waals surface area (Å²) in [6.45, 7) is 2.47. The highest BCUT2D eigenvalue weighted by atomic mass is 35.5. The third-order valence-corrected chi connectivity index (χ3v) is 7.99. The number of amides is 3. The van der Waals surface area contributed by atoms with E-state index in [9.17, 15) is 9.59 Å². The first-order valence-electron chi connectivity index (χ1n) is 13.9. The number of benzene rings is 1. The second kappa shape index (κ2) is 12.5. The van der Waals surface area contributed by atoms with Crippen molar-refractivity contribution < 1.29 is 18.7 Å². The molecule has 2 aromatic heterocycles. The van der Waals surface area contributed by atoms with Gasteiger partial charge in [-0.25, -0.2) is 14.2 Å². The normalized spacial score (nSPS) is 20.0. The molecule has 1 aromatic carbocycles. The predicted molar refractivity (Wildman–Crippen MR) is 155 cm³/mol. The lowest BCUT2D eigenvalue weighted by Crippen LogP contribution is -2.45. The van der Waals surface area contributed by atoms with Crippen LogP contribution in [0.2, 0.25) is 5.02 Å². The zero-order valence-corrected chi connectivity index (χ0v) is 23.6. The molecule has 3 aromatic rings. The SMILES string of the molecule is CCOC1CC(C(=O)Nc2cc(C(N)(CCC3CC3)c3ccncc3)ccc2F)N(C(=O)Nc2ccc(Cl)cn2)C1. The van der Waals surface area contributed by atoms with Crippen LogP contribution in [0.25, 0.3) is 0 Å². The maximum absolute atomic E-state index is 15.1. The molecular formula is C30H34ClFN6O3. The van der Waals surface area contributed by atoms with Crippen molar-refractivity contribution in [2.45, 2.75) is 56.7 Å². The highest BCUT2D eigenvalue weighted by Crippen LogP contribution is 2.40. The Morgan fingerprint density at radius 2 is 1.93 bits per heavy atom. The molecule has 0 bridgehead atoms. The van der Waals surface area contributed by atoms with Crippen LogP contribution in [0.3, 0.4) is 0 Å². The number of likely N-dealkylation sites (tertiary alicyclic amines) is 1. The van der Waals surface area contributed by atoms with Gasteiger partial charge in [0, 0.05) is 38.2 Å². The first kappa shape index (κ1) is 28.9. The number of anilines is 2. The van der Waals surface area contributed by atoms with Crippen molar-refractivity contribution in [2.75, 3.05) is 23.8 Å². The number of hydrogen-bond donors (Lipinski definition) is 3. The summed E-state index contributed by atoms with van der Waals surface area (Å²) in [5, 5.41) is 5.85. The first-order chi connectivity index (χ1) is 19.8. The van der Waals surface area contributed by atoms with Crippen LogP contribution < -0.4 is 16.4 Å². The molecule has 1 saturated carbocycles. The van der Waals surface area contributed by atoms with E-state index in [1.807, 2.05) is 19.1 Å². The second-order valence-corrected chi connectivity index (χ2v) is 11.1. The predicted octanol–water partition coefficient (Wildman–Crippen LogP) is 5.31. The summed E-state index contributed by atoms with van der Waals surface area (Å²) in [4.78, 5) is 36.3. The van der Waals surface area contributed by atoms with Gasteiger partial charge >= 0.3 is 6.03 Å². The van der Waals surface area contributed by atoms with Gasteiger partial charge in [-0.15, -0.1) is 0 Å². The Kier molecular flexibility index (Phi) is 8.82. The number of carbonyl (C=O) groups excluding carboxylic acids is 2. The molecule has 11 heteroatoms. The Balaban J connectivity index is 1.37. The quantitative estimate of drug-likeness (QED) is 0.299. The van der Waals surface area contributed by atoms with Crippen molar-refractivity contribution in [3.63, 3.8) is 0 Å². The number of pyridine rings is 2. The van der Waals surface area contributed by atoms with Crippen molar-refractivity contribution in [3.8, 4) is 0 Å². The molecule has 3 unspecified atom stereocenters.